The van der Waals surface area contributed by atoms with Gasteiger partial charge in [-0.2, -0.15) is 13.2 Å². The van der Waals surface area contributed by atoms with E-state index in [1.807, 2.05) is 0 Å². The van der Waals surface area contributed by atoms with Crippen LogP contribution in [0.4, 0.5) is 18.9 Å². The van der Waals surface area contributed by atoms with Gasteiger partial charge in [0.15, 0.2) is 0 Å². The van der Waals surface area contributed by atoms with E-state index in [-0.39, 0.29) is 5.71 Å². The average molecular weight is 321 g/mol. The van der Waals surface area contributed by atoms with Crippen LogP contribution in [0.25, 0.3) is 0 Å². The molecular weight excluding hydrogens is 313 g/mol. The first-order valence-electron chi connectivity index (χ1n) is 4.99. The summed E-state index contributed by atoms with van der Waals surface area (Å²) in [5.41, 5.74) is 0.830. The van der Waals surface area contributed by atoms with Crippen LogP contribution in [0.5, 0.6) is 0 Å². The van der Waals surface area contributed by atoms with Gasteiger partial charge >= 0.3 is 6.18 Å². The van der Waals surface area contributed by atoms with Gasteiger partial charge in [0.25, 0.3) is 5.91 Å². The third-order valence-corrected chi connectivity index (χ3v) is 2.99. The molecule has 0 spiro atoms. The number of aliphatic imine (C=N–C) groups is 1. The lowest BCUT2D eigenvalue weighted by atomic mass is 10.1. The molecule has 96 valence electrons. The van der Waals surface area contributed by atoms with Crippen molar-refractivity contribution in [2.75, 3.05) is 18.5 Å². The molecule has 0 saturated carbocycles. The van der Waals surface area contributed by atoms with Crippen LogP contribution in [0.3, 0.4) is 0 Å². The molecular formula is C11H8BrF3N2O. The molecule has 1 aromatic rings. The average Bonchev–Trinajstić information content (AvgIpc) is 2.48. The Kier molecular flexibility index (Phi) is 3.18. The quantitative estimate of drug-likeness (QED) is 0.783. The summed E-state index contributed by atoms with van der Waals surface area (Å²) in [6.45, 7) is -1.35. The van der Waals surface area contributed by atoms with E-state index in [0.29, 0.717) is 15.7 Å². The number of alkyl halides is 3. The highest BCUT2D eigenvalue weighted by atomic mass is 79.9. The summed E-state index contributed by atoms with van der Waals surface area (Å²) < 4.78 is 37.1. The van der Waals surface area contributed by atoms with Gasteiger partial charge < -0.3 is 4.90 Å². The number of likely N-dealkylation sites (N-methyl/N-ethyl adjacent to an activating group) is 1. The number of nitrogens with zero attached hydrogens (tertiary/aromatic N) is 2. The Labute approximate surface area is 109 Å². The zero-order valence-electron chi connectivity index (χ0n) is 9.25. The normalized spacial score (nSPS) is 17.5. The van der Waals surface area contributed by atoms with Crippen molar-refractivity contribution in [1.29, 1.82) is 0 Å². The number of halogens is 4. The molecule has 3 nitrogen and oxygen atoms in total. The Morgan fingerprint density at radius 2 is 2.06 bits per heavy atom. The van der Waals surface area contributed by atoms with Gasteiger partial charge in [-0.05, 0) is 18.2 Å². The third kappa shape index (κ3) is 2.40. The van der Waals surface area contributed by atoms with Gasteiger partial charge in [-0.3, -0.25) is 9.79 Å². The third-order valence-electron chi connectivity index (χ3n) is 2.50. The smallest absolute Gasteiger partial charge is 0.309 e. The predicted molar refractivity (Wildman–Crippen MR) is 65.0 cm³/mol. The van der Waals surface area contributed by atoms with E-state index in [0.717, 1.165) is 0 Å². The lowest BCUT2D eigenvalue weighted by Gasteiger charge is -2.08. The standard InChI is InChI=1S/C11H8BrF3N2O/c1-17-8-3-2-6(12)4-7(8)9(10(17)18)16-5-11(13,14)15/h2-4H,5H2,1H3. The first-order chi connectivity index (χ1) is 8.29. The molecule has 7 heteroatoms. The second kappa shape index (κ2) is 4.38. The maximum Gasteiger partial charge on any atom is 0.407 e. The van der Waals surface area contributed by atoms with Gasteiger partial charge in [0.2, 0.25) is 0 Å². The van der Waals surface area contributed by atoms with Crippen LogP contribution < -0.4 is 4.90 Å². The van der Waals surface area contributed by atoms with Crippen LogP contribution in [0, 0.1) is 0 Å². The summed E-state index contributed by atoms with van der Waals surface area (Å²) in [4.78, 5) is 16.5. The van der Waals surface area contributed by atoms with Gasteiger partial charge in [-0.15, -0.1) is 0 Å². The van der Waals surface area contributed by atoms with E-state index < -0.39 is 18.6 Å². The molecule has 1 amide bonds. The number of rotatable bonds is 1. The molecule has 0 saturated heterocycles. The summed E-state index contributed by atoms with van der Waals surface area (Å²) in [6, 6.07) is 4.97. The zero-order chi connectivity index (χ0) is 13.5. The molecule has 0 bridgehead atoms. The summed E-state index contributed by atoms with van der Waals surface area (Å²) in [5.74, 6) is -0.521. The number of carbonyl (C=O) groups is 1. The number of amides is 1. The fraction of sp³-hybridized carbons (Fsp3) is 0.273. The molecule has 0 fully saturated rings. The summed E-state index contributed by atoms with van der Waals surface area (Å²) in [7, 11) is 1.51. The van der Waals surface area contributed by atoms with E-state index >= 15 is 0 Å². The SMILES string of the molecule is CN1C(=O)C(=NCC(F)(F)F)c2cc(Br)ccc21. The fourth-order valence-electron chi connectivity index (χ4n) is 1.70. The largest absolute Gasteiger partial charge is 0.407 e. The van der Waals surface area contributed by atoms with Gasteiger partial charge in [0.05, 0.1) is 5.69 Å². The van der Waals surface area contributed by atoms with Crippen LogP contribution in [0.2, 0.25) is 0 Å². The minimum atomic E-state index is -4.42. The Hall–Kier alpha value is -1.37. The summed E-state index contributed by atoms with van der Waals surface area (Å²) in [6.07, 6.45) is -4.42. The molecule has 2 rings (SSSR count). The number of anilines is 1. The highest BCUT2D eigenvalue weighted by molar-refractivity contribution is 9.10. The van der Waals surface area contributed by atoms with E-state index in [1.54, 1.807) is 18.2 Å². The van der Waals surface area contributed by atoms with Gasteiger partial charge in [0, 0.05) is 17.1 Å². The maximum absolute atomic E-state index is 12.1. The monoisotopic (exact) mass is 320 g/mol. The number of hydrogen-bond acceptors (Lipinski definition) is 2. The minimum absolute atomic E-state index is 0.147. The van der Waals surface area contributed by atoms with Crippen molar-refractivity contribution in [2.24, 2.45) is 4.99 Å². The van der Waals surface area contributed by atoms with E-state index in [9.17, 15) is 18.0 Å². The van der Waals surface area contributed by atoms with E-state index in [2.05, 4.69) is 20.9 Å². The Bertz CT molecular complexity index is 540. The molecule has 0 aliphatic carbocycles. The molecule has 18 heavy (non-hydrogen) atoms. The minimum Gasteiger partial charge on any atom is -0.309 e. The maximum atomic E-state index is 12.1. The molecule has 0 unspecified atom stereocenters. The molecule has 1 aromatic carbocycles. The van der Waals surface area contributed by atoms with Crippen LogP contribution >= 0.6 is 15.9 Å². The first kappa shape index (κ1) is 13.1. The van der Waals surface area contributed by atoms with Crippen molar-refractivity contribution >= 4 is 33.2 Å². The number of carbonyl (C=O) groups excluding carboxylic acids is 1. The van der Waals surface area contributed by atoms with Crippen molar-refractivity contribution in [3.05, 3.63) is 28.2 Å². The number of hydrogen-bond donors (Lipinski definition) is 0. The van der Waals surface area contributed by atoms with Crippen LogP contribution in [-0.2, 0) is 4.79 Å². The number of fused-ring (bicyclic) bond motifs is 1. The topological polar surface area (TPSA) is 32.7 Å². The van der Waals surface area contributed by atoms with Crippen molar-refractivity contribution in [3.8, 4) is 0 Å². The van der Waals surface area contributed by atoms with Gasteiger partial charge in [-0.1, -0.05) is 15.9 Å². The lowest BCUT2D eigenvalue weighted by molar-refractivity contribution is -0.118. The summed E-state index contributed by atoms with van der Waals surface area (Å²) in [5, 5.41) is 0. The van der Waals surface area contributed by atoms with Crippen molar-refractivity contribution in [2.45, 2.75) is 6.18 Å². The molecule has 1 aliphatic rings. The Morgan fingerprint density at radius 3 is 2.67 bits per heavy atom. The van der Waals surface area contributed by atoms with Gasteiger partial charge in [0.1, 0.15) is 12.3 Å². The second-order valence-corrected chi connectivity index (χ2v) is 4.72. The molecule has 0 atom stereocenters. The molecule has 0 radical (unpaired) electrons. The molecule has 0 aromatic heterocycles. The van der Waals surface area contributed by atoms with Crippen molar-refractivity contribution < 1.29 is 18.0 Å². The summed E-state index contributed by atoms with van der Waals surface area (Å²) >= 11 is 3.22. The Balaban J connectivity index is 2.45. The highest BCUT2D eigenvalue weighted by Crippen LogP contribution is 2.31. The van der Waals surface area contributed by atoms with Crippen LogP contribution in [0.1, 0.15) is 5.56 Å². The van der Waals surface area contributed by atoms with Crippen molar-refractivity contribution in [3.63, 3.8) is 0 Å². The van der Waals surface area contributed by atoms with Crippen molar-refractivity contribution in [1.82, 2.24) is 0 Å². The van der Waals surface area contributed by atoms with Crippen LogP contribution in [-0.4, -0.2) is 31.4 Å². The van der Waals surface area contributed by atoms with E-state index in [1.165, 1.54) is 11.9 Å². The zero-order valence-corrected chi connectivity index (χ0v) is 10.8. The second-order valence-electron chi connectivity index (χ2n) is 3.81. The molecule has 0 N–H and O–H groups in total. The predicted octanol–water partition coefficient (Wildman–Crippen LogP) is 2.78. The molecule has 1 heterocycles. The van der Waals surface area contributed by atoms with Crippen LogP contribution in [0.15, 0.2) is 27.7 Å². The number of benzene rings is 1. The Morgan fingerprint density at radius 1 is 1.39 bits per heavy atom. The highest BCUT2D eigenvalue weighted by Gasteiger charge is 2.33. The van der Waals surface area contributed by atoms with Gasteiger partial charge in [-0.25, -0.2) is 0 Å². The van der Waals surface area contributed by atoms with E-state index in [4.69, 9.17) is 0 Å². The molecule has 1 aliphatic heterocycles. The fourth-order valence-corrected chi connectivity index (χ4v) is 2.06. The first-order valence-corrected chi connectivity index (χ1v) is 5.78. The lowest BCUT2D eigenvalue weighted by Crippen LogP contribution is -2.26.